The zero-order chi connectivity index (χ0) is 46.7. The van der Waals surface area contributed by atoms with Crippen LogP contribution in [-0.4, -0.2) is 112 Å². The Morgan fingerprint density at radius 2 is 1.58 bits per heavy atom. The first-order valence-corrected chi connectivity index (χ1v) is 20.2. The van der Waals surface area contributed by atoms with E-state index in [1.165, 1.54) is 10.8 Å². The lowest BCUT2D eigenvalue weighted by atomic mass is 9.86. The molecule has 4 heterocycles. The van der Waals surface area contributed by atoms with Crippen molar-refractivity contribution in [3.63, 3.8) is 0 Å². The molecule has 0 unspecified atom stereocenters. The van der Waals surface area contributed by atoms with Crippen LogP contribution >= 0.6 is 0 Å². The van der Waals surface area contributed by atoms with E-state index in [-0.39, 0.29) is 43.5 Å². The molecule has 2 aliphatic heterocycles. The zero-order valence-corrected chi connectivity index (χ0v) is 34.8. The summed E-state index contributed by atoms with van der Waals surface area (Å²) in [5.74, 6) is -6.52. The van der Waals surface area contributed by atoms with Gasteiger partial charge in [0.1, 0.15) is 26.0 Å². The summed E-state index contributed by atoms with van der Waals surface area (Å²) < 4.78 is 11.8. The predicted octanol–water partition coefficient (Wildman–Crippen LogP) is -1.01. The number of fused-ring (bicyclic) bond motifs is 5. The first kappa shape index (κ1) is 46.6. The highest BCUT2D eigenvalue weighted by atomic mass is 16.7. The Balaban J connectivity index is 0.982. The van der Waals surface area contributed by atoms with Crippen LogP contribution in [0.25, 0.3) is 22.3 Å². The molecule has 0 spiro atoms. The van der Waals surface area contributed by atoms with Crippen molar-refractivity contribution in [1.82, 2.24) is 36.1 Å². The minimum absolute atomic E-state index is 0.0172. The maximum atomic E-state index is 13.7. The summed E-state index contributed by atoms with van der Waals surface area (Å²) in [5.41, 5.74) is 0.969. The average molecular weight is 897 g/mol. The van der Waals surface area contributed by atoms with Crippen molar-refractivity contribution in [2.45, 2.75) is 57.4 Å². The summed E-state index contributed by atoms with van der Waals surface area (Å²) in [5, 5.41) is 36.2. The molecule has 0 fully saturated rings. The van der Waals surface area contributed by atoms with Gasteiger partial charge in [-0.15, -0.1) is 0 Å². The molecule has 340 valence electrons. The number of hydrogen-bond acceptors (Lipinski definition) is 15. The Kier molecular flexibility index (Phi) is 15.1. The summed E-state index contributed by atoms with van der Waals surface area (Å²) in [6.07, 6.45) is 0.573. The molecule has 0 saturated carbocycles. The van der Waals surface area contributed by atoms with E-state index in [4.69, 9.17) is 24.4 Å². The molecule has 7 N–H and O–H groups in total. The van der Waals surface area contributed by atoms with Crippen LogP contribution in [0, 0.1) is 0 Å². The van der Waals surface area contributed by atoms with Crippen molar-refractivity contribution in [1.29, 1.82) is 0 Å². The van der Waals surface area contributed by atoms with Crippen molar-refractivity contribution < 1.29 is 62.9 Å². The number of aromatic nitrogens is 2. The fraction of sp³-hybridized carbons (Fsp3) is 0.326. The van der Waals surface area contributed by atoms with Crippen molar-refractivity contribution >= 4 is 64.6 Å². The standard InChI is InChI=1S/C43H44N8O14/c1-2-43(62)29-15-32-39-27(20-51(32)41(60)28(29)21-64-42(43)61)26(25-10-6-7-11-30(25)50-39)16-48-65-38(58)22-63-23-47-35(54)18-46-40(59)31(14-24-8-4-3-5-9-24)49-36(55)19-45-34(53)17-44-33(52)12-13-37(56)57/h3-11,15-16,31,62H,2,12-14,17-23H2,1H3,(H,44,52)(H,45,53)(H,46,59)(H,47,54)(H,49,55)(H,56,57)/b48-16+/t31-,43-/m0/s1. The number of nitrogens with one attached hydrogen (secondary N) is 5. The van der Waals surface area contributed by atoms with Gasteiger partial charge in [0.05, 0.1) is 61.3 Å². The number of benzene rings is 2. The molecule has 6 rings (SSSR count). The highest BCUT2D eigenvalue weighted by molar-refractivity contribution is 6.02. The first-order valence-electron chi connectivity index (χ1n) is 20.2. The van der Waals surface area contributed by atoms with E-state index in [9.17, 15) is 48.3 Å². The van der Waals surface area contributed by atoms with E-state index in [2.05, 4.69) is 31.7 Å². The lowest BCUT2D eigenvalue weighted by Crippen LogP contribution is -2.52. The van der Waals surface area contributed by atoms with Crippen molar-refractivity contribution in [3.05, 3.63) is 98.8 Å². The van der Waals surface area contributed by atoms with Crippen LogP contribution < -0.4 is 32.1 Å². The maximum Gasteiger partial charge on any atom is 0.360 e. The second-order valence-electron chi connectivity index (χ2n) is 14.7. The number of nitrogens with zero attached hydrogens (tertiary/aromatic N) is 3. The molecule has 0 bridgehead atoms. The zero-order valence-electron chi connectivity index (χ0n) is 34.8. The second kappa shape index (κ2) is 21.0. The molecule has 65 heavy (non-hydrogen) atoms. The molecule has 2 aliphatic rings. The quantitative estimate of drug-likeness (QED) is 0.0123. The number of carboxylic acids is 1. The molecular formula is C43H44N8O14. The van der Waals surface area contributed by atoms with E-state index in [1.807, 2.05) is 0 Å². The third-order valence-corrected chi connectivity index (χ3v) is 10.4. The third-order valence-electron chi connectivity index (χ3n) is 10.4. The molecule has 22 nitrogen and oxygen atoms in total. The Hall–Kier alpha value is -7.85. The van der Waals surface area contributed by atoms with Gasteiger partial charge in [-0.3, -0.25) is 33.6 Å². The minimum atomic E-state index is -2.00. The van der Waals surface area contributed by atoms with Gasteiger partial charge in [-0.25, -0.2) is 14.6 Å². The number of carbonyl (C=O) groups excluding carboxylic acids is 7. The normalized spacial score (nSPS) is 15.1. The molecule has 2 aromatic heterocycles. The summed E-state index contributed by atoms with van der Waals surface area (Å²) >= 11 is 0. The van der Waals surface area contributed by atoms with Crippen LogP contribution in [0.5, 0.6) is 0 Å². The highest BCUT2D eigenvalue weighted by Gasteiger charge is 2.45. The van der Waals surface area contributed by atoms with Crippen molar-refractivity contribution in [3.8, 4) is 11.4 Å². The third kappa shape index (κ3) is 11.4. The van der Waals surface area contributed by atoms with Gasteiger partial charge in [-0.2, -0.15) is 0 Å². The number of amides is 5. The lowest BCUT2D eigenvalue weighted by molar-refractivity contribution is -0.172. The second-order valence-corrected chi connectivity index (χ2v) is 14.7. The molecule has 2 atom stereocenters. The van der Waals surface area contributed by atoms with E-state index >= 15 is 0 Å². The van der Waals surface area contributed by atoms with E-state index < -0.39 is 104 Å². The number of carboxylic acid groups (broad SMARTS) is 1. The smallest absolute Gasteiger partial charge is 0.360 e. The Morgan fingerprint density at radius 3 is 2.34 bits per heavy atom. The van der Waals surface area contributed by atoms with Gasteiger partial charge < -0.3 is 55.7 Å². The maximum absolute atomic E-state index is 13.7. The van der Waals surface area contributed by atoms with Crippen LogP contribution in [0.2, 0.25) is 0 Å². The van der Waals surface area contributed by atoms with Crippen LogP contribution in [0.3, 0.4) is 0 Å². The molecule has 5 amide bonds. The highest BCUT2D eigenvalue weighted by Crippen LogP contribution is 2.39. The van der Waals surface area contributed by atoms with Gasteiger partial charge in [0.15, 0.2) is 5.60 Å². The summed E-state index contributed by atoms with van der Waals surface area (Å²) in [4.78, 5) is 121. The van der Waals surface area contributed by atoms with Crippen molar-refractivity contribution in [2.75, 3.05) is 33.0 Å². The Labute approximate surface area is 368 Å². The van der Waals surface area contributed by atoms with E-state index in [0.29, 0.717) is 39.0 Å². The molecule has 4 aromatic rings. The van der Waals surface area contributed by atoms with Gasteiger partial charge in [0, 0.05) is 34.9 Å². The van der Waals surface area contributed by atoms with Crippen LogP contribution in [0.1, 0.15) is 54.0 Å². The van der Waals surface area contributed by atoms with Crippen LogP contribution in [0.15, 0.2) is 70.6 Å². The minimum Gasteiger partial charge on any atom is -0.481 e. The molecule has 0 aliphatic carbocycles. The van der Waals surface area contributed by atoms with Gasteiger partial charge >= 0.3 is 17.9 Å². The fourth-order valence-electron chi connectivity index (χ4n) is 7.02. The number of pyridine rings is 2. The number of cyclic esters (lactones) is 1. The average Bonchev–Trinajstić information content (AvgIpc) is 3.67. The number of ether oxygens (including phenoxy) is 2. The number of para-hydroxylation sites is 1. The van der Waals surface area contributed by atoms with E-state index in [1.54, 1.807) is 67.6 Å². The molecule has 22 heteroatoms. The number of esters is 1. The topological polar surface area (TPSA) is 312 Å². The first-order chi connectivity index (χ1) is 31.2. The number of carbonyl (C=O) groups is 8. The number of rotatable bonds is 20. The van der Waals surface area contributed by atoms with Gasteiger partial charge in [-0.1, -0.05) is 60.6 Å². The van der Waals surface area contributed by atoms with Crippen LogP contribution in [-0.2, 0) is 77.8 Å². The van der Waals surface area contributed by atoms with Gasteiger partial charge in [-0.05, 0) is 24.1 Å². The monoisotopic (exact) mass is 896 g/mol. The Morgan fingerprint density at radius 1 is 0.892 bits per heavy atom. The van der Waals surface area contributed by atoms with Gasteiger partial charge in [0.2, 0.25) is 29.5 Å². The lowest BCUT2D eigenvalue weighted by Gasteiger charge is -2.31. The molecule has 0 radical (unpaired) electrons. The summed E-state index contributed by atoms with van der Waals surface area (Å²) in [6.45, 7) is -1.29. The number of oxime groups is 1. The van der Waals surface area contributed by atoms with E-state index in [0.717, 1.165) is 0 Å². The number of aliphatic carboxylic acids is 1. The Bertz CT molecular complexity index is 2630. The summed E-state index contributed by atoms with van der Waals surface area (Å²) in [6, 6.07) is 16.2. The van der Waals surface area contributed by atoms with Crippen molar-refractivity contribution in [2.24, 2.45) is 5.16 Å². The molecular weight excluding hydrogens is 853 g/mol. The molecule has 0 saturated heterocycles. The van der Waals surface area contributed by atoms with Gasteiger partial charge in [0.25, 0.3) is 5.56 Å². The SMILES string of the molecule is CC[C@@]1(O)C(=O)OCc2c1cc1n(c2=O)Cc2c-1nc1ccccc1c2/C=N/OC(=O)COCNC(=O)CNC(=O)[C@H](Cc1ccccc1)NC(=O)CNC(=O)CNC(=O)CCC(=O)O. The van der Waals surface area contributed by atoms with Crippen LogP contribution in [0.4, 0.5) is 0 Å². The summed E-state index contributed by atoms with van der Waals surface area (Å²) in [7, 11) is 0. The number of hydrogen-bond donors (Lipinski definition) is 7. The fourth-order valence-corrected chi connectivity index (χ4v) is 7.02. The molecule has 2 aromatic carbocycles. The predicted molar refractivity (Wildman–Crippen MR) is 225 cm³/mol. The number of aliphatic hydroxyl groups is 1. The largest absolute Gasteiger partial charge is 0.481 e.